The van der Waals surface area contributed by atoms with Crippen molar-refractivity contribution in [3.63, 3.8) is 0 Å². The molecule has 2 atom stereocenters. The van der Waals surface area contributed by atoms with Crippen molar-refractivity contribution < 1.29 is 22.3 Å². The normalized spacial score (nSPS) is 24.9. The predicted octanol–water partition coefficient (Wildman–Crippen LogP) is 1.64. The summed E-state index contributed by atoms with van der Waals surface area (Å²) in [5.74, 6) is -0.252. The van der Waals surface area contributed by atoms with Crippen molar-refractivity contribution in [1.29, 1.82) is 0 Å². The fourth-order valence-electron chi connectivity index (χ4n) is 1.41. The van der Waals surface area contributed by atoms with Crippen molar-refractivity contribution in [3.8, 4) is 0 Å². The smallest absolute Gasteiger partial charge is 0.376 e. The summed E-state index contributed by atoms with van der Waals surface area (Å²) in [7, 11) is 0. The summed E-state index contributed by atoms with van der Waals surface area (Å²) in [5, 5.41) is 2.48. The molecule has 0 unspecified atom stereocenters. The molecule has 2 rings (SSSR count). The van der Waals surface area contributed by atoms with Crippen LogP contribution in [0.3, 0.4) is 0 Å². The second-order valence-electron chi connectivity index (χ2n) is 3.57. The molecule has 0 saturated carbocycles. The van der Waals surface area contributed by atoms with Crippen molar-refractivity contribution >= 4 is 5.95 Å². The van der Waals surface area contributed by atoms with Gasteiger partial charge in [-0.25, -0.2) is 14.4 Å². The summed E-state index contributed by atoms with van der Waals surface area (Å²) in [5.41, 5.74) is -1.07. The quantitative estimate of drug-likeness (QED) is 0.812. The summed E-state index contributed by atoms with van der Waals surface area (Å²) in [6.45, 7) is 0.0113. The molecule has 1 aliphatic heterocycles. The first-order valence-electron chi connectivity index (χ1n) is 4.85. The number of halogens is 4. The third kappa shape index (κ3) is 2.82. The number of anilines is 1. The Bertz CT molecular complexity index is 398. The molecular weight excluding hydrogens is 242 g/mol. The van der Waals surface area contributed by atoms with Crippen molar-refractivity contribution in [3.05, 3.63) is 18.0 Å². The standard InChI is InChI=1S/C9H9F4N3O/c10-5-3-17-4-6(5)15-8-14-2-1-7(16-8)9(11,12)13/h1-2,5-6H,3-4H2,(H,14,15,16)/t5-,6-/m1/s1. The van der Waals surface area contributed by atoms with Gasteiger partial charge < -0.3 is 10.1 Å². The first-order chi connectivity index (χ1) is 7.97. The largest absolute Gasteiger partial charge is 0.433 e. The van der Waals surface area contributed by atoms with E-state index in [4.69, 9.17) is 4.74 Å². The minimum atomic E-state index is -4.54. The van der Waals surface area contributed by atoms with E-state index in [0.29, 0.717) is 0 Å². The van der Waals surface area contributed by atoms with E-state index < -0.39 is 24.1 Å². The highest BCUT2D eigenvalue weighted by molar-refractivity contribution is 5.28. The number of nitrogens with zero attached hydrogens (tertiary/aromatic N) is 2. The number of ether oxygens (including phenoxy) is 1. The van der Waals surface area contributed by atoms with Gasteiger partial charge in [-0.3, -0.25) is 0 Å². The Morgan fingerprint density at radius 2 is 2.12 bits per heavy atom. The second kappa shape index (κ2) is 4.44. The molecule has 1 saturated heterocycles. The van der Waals surface area contributed by atoms with E-state index in [0.717, 1.165) is 12.3 Å². The van der Waals surface area contributed by atoms with Crippen LogP contribution in [0.15, 0.2) is 12.3 Å². The Hall–Kier alpha value is -1.44. The molecular formula is C9H9F4N3O. The van der Waals surface area contributed by atoms with Crippen molar-refractivity contribution in [1.82, 2.24) is 9.97 Å². The van der Waals surface area contributed by atoms with Crippen LogP contribution in [0.2, 0.25) is 0 Å². The Morgan fingerprint density at radius 3 is 2.71 bits per heavy atom. The third-order valence-corrected chi connectivity index (χ3v) is 2.27. The van der Waals surface area contributed by atoms with Gasteiger partial charge in [0, 0.05) is 6.20 Å². The van der Waals surface area contributed by atoms with Crippen molar-refractivity contribution in [2.75, 3.05) is 18.5 Å². The second-order valence-corrected chi connectivity index (χ2v) is 3.57. The molecule has 0 spiro atoms. The zero-order valence-electron chi connectivity index (χ0n) is 8.54. The maximum absolute atomic E-state index is 13.1. The van der Waals surface area contributed by atoms with Gasteiger partial charge in [-0.05, 0) is 6.07 Å². The maximum Gasteiger partial charge on any atom is 0.433 e. The molecule has 94 valence electrons. The molecule has 1 aliphatic rings. The molecule has 4 nitrogen and oxygen atoms in total. The fourth-order valence-corrected chi connectivity index (χ4v) is 1.41. The number of rotatable bonds is 2. The summed E-state index contributed by atoms with van der Waals surface area (Å²) in [4.78, 5) is 6.88. The van der Waals surface area contributed by atoms with Gasteiger partial charge in [0.1, 0.15) is 11.9 Å². The molecule has 17 heavy (non-hydrogen) atoms. The van der Waals surface area contributed by atoms with Gasteiger partial charge in [0.05, 0.1) is 19.3 Å². The molecule has 2 heterocycles. The zero-order valence-corrected chi connectivity index (χ0v) is 8.54. The molecule has 0 amide bonds. The first kappa shape index (κ1) is 12.0. The molecule has 0 aromatic carbocycles. The van der Waals surface area contributed by atoms with E-state index >= 15 is 0 Å². The van der Waals surface area contributed by atoms with Crippen molar-refractivity contribution in [2.24, 2.45) is 0 Å². The van der Waals surface area contributed by atoms with Gasteiger partial charge in [-0.2, -0.15) is 13.2 Å². The average molecular weight is 251 g/mol. The topological polar surface area (TPSA) is 47.0 Å². The van der Waals surface area contributed by atoms with E-state index in [1.165, 1.54) is 0 Å². The molecule has 0 bridgehead atoms. The highest BCUT2D eigenvalue weighted by Gasteiger charge is 2.34. The lowest BCUT2D eigenvalue weighted by Gasteiger charge is -2.13. The van der Waals surface area contributed by atoms with Crippen LogP contribution in [0.4, 0.5) is 23.5 Å². The molecule has 1 aromatic rings. The van der Waals surface area contributed by atoms with Crippen LogP contribution in [0, 0.1) is 0 Å². The molecule has 0 aliphatic carbocycles. The van der Waals surface area contributed by atoms with E-state index in [2.05, 4.69) is 15.3 Å². The Kier molecular flexibility index (Phi) is 3.14. The molecule has 1 aromatic heterocycles. The van der Waals surface area contributed by atoms with Crippen molar-refractivity contribution in [2.45, 2.75) is 18.4 Å². The summed E-state index contributed by atoms with van der Waals surface area (Å²) < 4.78 is 55.0. The number of nitrogens with one attached hydrogen (secondary N) is 1. The van der Waals surface area contributed by atoms with Gasteiger partial charge in [-0.1, -0.05) is 0 Å². The van der Waals surface area contributed by atoms with Crippen LogP contribution in [0.5, 0.6) is 0 Å². The number of hydrogen-bond acceptors (Lipinski definition) is 4. The van der Waals surface area contributed by atoms with E-state index in [-0.39, 0.29) is 19.2 Å². The van der Waals surface area contributed by atoms with Gasteiger partial charge in [0.15, 0.2) is 0 Å². The summed E-state index contributed by atoms with van der Waals surface area (Å²) >= 11 is 0. The van der Waals surface area contributed by atoms with Gasteiger partial charge >= 0.3 is 6.18 Å². The predicted molar refractivity (Wildman–Crippen MR) is 50.2 cm³/mol. The van der Waals surface area contributed by atoms with E-state index in [1.807, 2.05) is 0 Å². The molecule has 1 N–H and O–H groups in total. The average Bonchev–Trinajstić information content (AvgIpc) is 2.64. The number of aromatic nitrogens is 2. The Morgan fingerprint density at radius 1 is 1.35 bits per heavy atom. The minimum absolute atomic E-state index is 0.0728. The van der Waals surface area contributed by atoms with Crippen LogP contribution in [0.1, 0.15) is 5.69 Å². The van der Waals surface area contributed by atoms with Gasteiger partial charge in [0.25, 0.3) is 0 Å². The summed E-state index contributed by atoms with van der Waals surface area (Å²) in [6.07, 6.45) is -4.84. The Labute approximate surface area is 94.0 Å². The third-order valence-electron chi connectivity index (χ3n) is 2.27. The van der Waals surface area contributed by atoms with Crippen LogP contribution in [0.25, 0.3) is 0 Å². The maximum atomic E-state index is 13.1. The van der Waals surface area contributed by atoms with E-state index in [1.54, 1.807) is 0 Å². The molecule has 0 radical (unpaired) electrons. The number of hydrogen-bond donors (Lipinski definition) is 1. The fraction of sp³-hybridized carbons (Fsp3) is 0.556. The Balaban J connectivity index is 2.11. The lowest BCUT2D eigenvalue weighted by molar-refractivity contribution is -0.141. The number of alkyl halides is 4. The van der Waals surface area contributed by atoms with Crippen LogP contribution in [-0.4, -0.2) is 35.4 Å². The lowest BCUT2D eigenvalue weighted by atomic mass is 10.2. The lowest BCUT2D eigenvalue weighted by Crippen LogP contribution is -2.30. The zero-order chi connectivity index (χ0) is 12.5. The minimum Gasteiger partial charge on any atom is -0.376 e. The first-order valence-corrected chi connectivity index (χ1v) is 4.85. The summed E-state index contributed by atoms with van der Waals surface area (Å²) in [6, 6.07) is 0.0435. The SMILES string of the molecule is F[C@@H]1COC[C@H]1Nc1nccc(C(F)(F)F)n1. The molecule has 1 fully saturated rings. The monoisotopic (exact) mass is 251 g/mol. The highest BCUT2D eigenvalue weighted by atomic mass is 19.4. The molecule has 8 heteroatoms. The van der Waals surface area contributed by atoms with Crippen LogP contribution >= 0.6 is 0 Å². The van der Waals surface area contributed by atoms with Crippen LogP contribution in [-0.2, 0) is 10.9 Å². The van der Waals surface area contributed by atoms with Gasteiger partial charge in [0.2, 0.25) is 5.95 Å². The highest BCUT2D eigenvalue weighted by Crippen LogP contribution is 2.27. The van der Waals surface area contributed by atoms with E-state index in [9.17, 15) is 17.6 Å². The van der Waals surface area contributed by atoms with Gasteiger partial charge in [-0.15, -0.1) is 0 Å². The van der Waals surface area contributed by atoms with Crippen LogP contribution < -0.4 is 5.32 Å².